The van der Waals surface area contributed by atoms with Gasteiger partial charge in [0.05, 0.1) is 5.52 Å². The molecule has 1 aromatic carbocycles. The van der Waals surface area contributed by atoms with Gasteiger partial charge in [0, 0.05) is 17.6 Å². The summed E-state index contributed by atoms with van der Waals surface area (Å²) in [4.78, 5) is 4.86. The van der Waals surface area contributed by atoms with E-state index in [2.05, 4.69) is 36.5 Å². The maximum Gasteiger partial charge on any atom is 0.0708 e. The Bertz CT molecular complexity index is 560. The van der Waals surface area contributed by atoms with Crippen molar-refractivity contribution in [3.63, 3.8) is 0 Å². The standard InChI is InChI=1S/C16H20N2/c1-2-17-11-14-12-7-3-5-9-15(12)18-16-10-6-4-8-13(14)16/h3,5,7,9,17H,2,4,6,8,10-11H2,1H3. The summed E-state index contributed by atoms with van der Waals surface area (Å²) in [6.45, 7) is 4.16. The summed E-state index contributed by atoms with van der Waals surface area (Å²) < 4.78 is 0. The molecule has 0 unspecified atom stereocenters. The summed E-state index contributed by atoms with van der Waals surface area (Å²) in [6, 6.07) is 8.56. The predicted molar refractivity (Wildman–Crippen MR) is 75.8 cm³/mol. The Morgan fingerprint density at radius 2 is 2.00 bits per heavy atom. The van der Waals surface area contributed by atoms with Gasteiger partial charge in [0.25, 0.3) is 0 Å². The number of rotatable bonds is 3. The molecule has 1 heterocycles. The van der Waals surface area contributed by atoms with Crippen molar-refractivity contribution < 1.29 is 0 Å². The van der Waals surface area contributed by atoms with Crippen molar-refractivity contribution in [2.75, 3.05) is 6.54 Å². The smallest absolute Gasteiger partial charge is 0.0708 e. The van der Waals surface area contributed by atoms with Gasteiger partial charge in [0.1, 0.15) is 0 Å². The third-order valence-corrected chi connectivity index (χ3v) is 3.84. The van der Waals surface area contributed by atoms with Crippen LogP contribution in [0.25, 0.3) is 10.9 Å². The van der Waals surface area contributed by atoms with E-state index in [0.29, 0.717) is 0 Å². The van der Waals surface area contributed by atoms with Crippen molar-refractivity contribution >= 4 is 10.9 Å². The minimum atomic E-state index is 0.974. The van der Waals surface area contributed by atoms with Gasteiger partial charge >= 0.3 is 0 Å². The second-order valence-corrected chi connectivity index (χ2v) is 5.02. The fraction of sp³-hybridized carbons (Fsp3) is 0.438. The summed E-state index contributed by atoms with van der Waals surface area (Å²) in [6.07, 6.45) is 4.96. The first-order valence-electron chi connectivity index (χ1n) is 7.00. The van der Waals surface area contributed by atoms with Crippen LogP contribution < -0.4 is 5.32 Å². The first-order chi connectivity index (χ1) is 8.90. The fourth-order valence-electron chi connectivity index (χ4n) is 2.92. The van der Waals surface area contributed by atoms with E-state index in [9.17, 15) is 0 Å². The molecular formula is C16H20N2. The Labute approximate surface area is 108 Å². The molecule has 0 aliphatic heterocycles. The zero-order chi connectivity index (χ0) is 12.4. The highest BCUT2D eigenvalue weighted by molar-refractivity contribution is 5.83. The molecule has 18 heavy (non-hydrogen) atoms. The molecule has 1 aliphatic rings. The summed E-state index contributed by atoms with van der Waals surface area (Å²) in [5, 5.41) is 4.81. The van der Waals surface area contributed by atoms with Crippen LogP contribution in [0.2, 0.25) is 0 Å². The lowest BCUT2D eigenvalue weighted by atomic mass is 9.90. The molecule has 2 nitrogen and oxygen atoms in total. The Balaban J connectivity index is 2.19. The molecule has 0 atom stereocenters. The van der Waals surface area contributed by atoms with Crippen molar-refractivity contribution in [2.24, 2.45) is 0 Å². The number of aromatic nitrogens is 1. The van der Waals surface area contributed by atoms with Crippen LogP contribution in [0.4, 0.5) is 0 Å². The van der Waals surface area contributed by atoms with E-state index in [1.807, 2.05) is 0 Å². The maximum atomic E-state index is 4.86. The second-order valence-electron chi connectivity index (χ2n) is 5.02. The molecule has 0 fully saturated rings. The Hall–Kier alpha value is -1.41. The van der Waals surface area contributed by atoms with Crippen LogP contribution in [0, 0.1) is 0 Å². The van der Waals surface area contributed by atoms with E-state index < -0.39 is 0 Å². The number of nitrogens with zero attached hydrogens (tertiary/aromatic N) is 1. The van der Waals surface area contributed by atoms with Crippen LogP contribution in [-0.4, -0.2) is 11.5 Å². The van der Waals surface area contributed by atoms with Gasteiger partial charge in [-0.1, -0.05) is 25.1 Å². The van der Waals surface area contributed by atoms with Gasteiger partial charge in [-0.2, -0.15) is 0 Å². The average molecular weight is 240 g/mol. The van der Waals surface area contributed by atoms with Crippen LogP contribution in [0.5, 0.6) is 0 Å². The summed E-state index contributed by atoms with van der Waals surface area (Å²) >= 11 is 0. The van der Waals surface area contributed by atoms with Gasteiger partial charge in [0.15, 0.2) is 0 Å². The SMILES string of the molecule is CCNCc1c2c(nc3ccccc13)CCCC2. The number of hydrogen-bond donors (Lipinski definition) is 1. The first-order valence-corrected chi connectivity index (χ1v) is 7.00. The summed E-state index contributed by atoms with van der Waals surface area (Å²) in [5.74, 6) is 0. The highest BCUT2D eigenvalue weighted by atomic mass is 14.8. The first kappa shape index (κ1) is 11.7. The molecule has 0 spiro atoms. The topological polar surface area (TPSA) is 24.9 Å². The fourth-order valence-corrected chi connectivity index (χ4v) is 2.92. The number of para-hydroxylation sites is 1. The van der Waals surface area contributed by atoms with Crippen molar-refractivity contribution in [1.29, 1.82) is 0 Å². The van der Waals surface area contributed by atoms with Crippen LogP contribution in [0.3, 0.4) is 0 Å². The molecule has 0 saturated heterocycles. The zero-order valence-electron chi connectivity index (χ0n) is 11.0. The number of benzene rings is 1. The number of fused-ring (bicyclic) bond motifs is 2. The zero-order valence-corrected chi connectivity index (χ0v) is 11.0. The van der Waals surface area contributed by atoms with Crippen molar-refractivity contribution in [3.05, 3.63) is 41.1 Å². The molecule has 2 aromatic rings. The number of pyridine rings is 1. The minimum absolute atomic E-state index is 0.974. The molecule has 94 valence electrons. The van der Waals surface area contributed by atoms with E-state index in [1.54, 1.807) is 0 Å². The van der Waals surface area contributed by atoms with E-state index in [0.717, 1.165) is 25.0 Å². The van der Waals surface area contributed by atoms with Gasteiger partial charge < -0.3 is 5.32 Å². The molecule has 0 radical (unpaired) electrons. The molecule has 0 amide bonds. The van der Waals surface area contributed by atoms with Gasteiger partial charge in [-0.15, -0.1) is 0 Å². The quantitative estimate of drug-likeness (QED) is 0.891. The monoisotopic (exact) mass is 240 g/mol. The van der Waals surface area contributed by atoms with Gasteiger partial charge in [-0.25, -0.2) is 0 Å². The highest BCUT2D eigenvalue weighted by Gasteiger charge is 2.17. The molecule has 3 rings (SSSR count). The maximum absolute atomic E-state index is 4.86. The minimum Gasteiger partial charge on any atom is -0.313 e. The molecular weight excluding hydrogens is 220 g/mol. The van der Waals surface area contributed by atoms with E-state index >= 15 is 0 Å². The highest BCUT2D eigenvalue weighted by Crippen LogP contribution is 2.28. The average Bonchev–Trinajstić information content (AvgIpc) is 2.43. The van der Waals surface area contributed by atoms with Gasteiger partial charge in [0.2, 0.25) is 0 Å². The van der Waals surface area contributed by atoms with Crippen LogP contribution in [0.1, 0.15) is 36.6 Å². The van der Waals surface area contributed by atoms with Crippen molar-refractivity contribution in [3.8, 4) is 0 Å². The van der Waals surface area contributed by atoms with Crippen LogP contribution >= 0.6 is 0 Å². The molecule has 0 bridgehead atoms. The molecule has 1 aromatic heterocycles. The number of aryl methyl sites for hydroxylation is 1. The second kappa shape index (κ2) is 5.07. The Morgan fingerprint density at radius 3 is 2.89 bits per heavy atom. The number of hydrogen-bond acceptors (Lipinski definition) is 2. The lowest BCUT2D eigenvalue weighted by molar-refractivity contribution is 0.651. The van der Waals surface area contributed by atoms with Crippen molar-refractivity contribution in [1.82, 2.24) is 10.3 Å². The largest absolute Gasteiger partial charge is 0.313 e. The van der Waals surface area contributed by atoms with Gasteiger partial charge in [-0.3, -0.25) is 4.98 Å². The summed E-state index contributed by atoms with van der Waals surface area (Å²) in [5.41, 5.74) is 5.50. The van der Waals surface area contributed by atoms with E-state index in [-0.39, 0.29) is 0 Å². The lowest BCUT2D eigenvalue weighted by Crippen LogP contribution is -2.17. The molecule has 1 aliphatic carbocycles. The van der Waals surface area contributed by atoms with Crippen LogP contribution in [0.15, 0.2) is 24.3 Å². The third kappa shape index (κ3) is 2.01. The number of nitrogens with one attached hydrogen (secondary N) is 1. The van der Waals surface area contributed by atoms with Crippen LogP contribution in [-0.2, 0) is 19.4 Å². The Morgan fingerprint density at radius 1 is 1.17 bits per heavy atom. The summed E-state index contributed by atoms with van der Waals surface area (Å²) in [7, 11) is 0. The van der Waals surface area contributed by atoms with E-state index in [4.69, 9.17) is 4.98 Å². The third-order valence-electron chi connectivity index (χ3n) is 3.84. The molecule has 2 heteroatoms. The normalized spacial score (nSPS) is 14.7. The molecule has 0 saturated carbocycles. The lowest BCUT2D eigenvalue weighted by Gasteiger charge is -2.21. The Kier molecular flexibility index (Phi) is 3.28. The van der Waals surface area contributed by atoms with Gasteiger partial charge in [-0.05, 0) is 49.4 Å². The molecule has 1 N–H and O–H groups in total. The van der Waals surface area contributed by atoms with E-state index in [1.165, 1.54) is 41.5 Å². The van der Waals surface area contributed by atoms with Crippen molar-refractivity contribution in [2.45, 2.75) is 39.2 Å². The predicted octanol–water partition coefficient (Wildman–Crippen LogP) is 3.22.